The first-order valence-corrected chi connectivity index (χ1v) is 7.29. The smallest absolute Gasteiger partial charge is 0.0721 e. The average molecular weight is 288 g/mol. The SMILES string of the molecule is CC(NC1COCc2ccccc21)c1ccccc1Cl. The second-order valence-corrected chi connectivity index (χ2v) is 5.58. The van der Waals surface area contributed by atoms with Crippen LogP contribution in [0.4, 0.5) is 0 Å². The molecule has 2 aromatic rings. The van der Waals surface area contributed by atoms with E-state index in [0.717, 1.165) is 10.6 Å². The van der Waals surface area contributed by atoms with E-state index in [2.05, 4.69) is 42.6 Å². The average Bonchev–Trinajstić information content (AvgIpc) is 2.48. The highest BCUT2D eigenvalue weighted by atomic mass is 35.5. The fourth-order valence-corrected chi connectivity index (χ4v) is 3.04. The van der Waals surface area contributed by atoms with Crippen molar-refractivity contribution in [2.24, 2.45) is 0 Å². The Morgan fingerprint density at radius 3 is 2.75 bits per heavy atom. The summed E-state index contributed by atoms with van der Waals surface area (Å²) in [5.41, 5.74) is 3.72. The molecule has 0 saturated heterocycles. The highest BCUT2D eigenvalue weighted by Gasteiger charge is 2.22. The van der Waals surface area contributed by atoms with Gasteiger partial charge in [-0.1, -0.05) is 54.1 Å². The molecule has 1 aliphatic heterocycles. The normalized spacial score (nSPS) is 19.4. The van der Waals surface area contributed by atoms with Crippen LogP contribution in [-0.4, -0.2) is 6.61 Å². The Morgan fingerprint density at radius 2 is 1.90 bits per heavy atom. The Balaban J connectivity index is 1.81. The first kappa shape index (κ1) is 13.6. The molecule has 0 radical (unpaired) electrons. The van der Waals surface area contributed by atoms with E-state index >= 15 is 0 Å². The van der Waals surface area contributed by atoms with Crippen molar-refractivity contribution in [3.05, 3.63) is 70.2 Å². The molecule has 0 fully saturated rings. The van der Waals surface area contributed by atoms with Crippen LogP contribution in [0.15, 0.2) is 48.5 Å². The topological polar surface area (TPSA) is 21.3 Å². The molecular weight excluding hydrogens is 270 g/mol. The molecule has 1 N–H and O–H groups in total. The predicted molar refractivity (Wildman–Crippen MR) is 81.8 cm³/mol. The summed E-state index contributed by atoms with van der Waals surface area (Å²) in [7, 11) is 0. The molecule has 2 unspecified atom stereocenters. The molecule has 2 atom stereocenters. The van der Waals surface area contributed by atoms with Crippen LogP contribution in [0.2, 0.25) is 5.02 Å². The van der Waals surface area contributed by atoms with Gasteiger partial charge in [-0.3, -0.25) is 0 Å². The number of benzene rings is 2. The first-order valence-electron chi connectivity index (χ1n) is 6.91. The molecular formula is C17H18ClNO. The van der Waals surface area contributed by atoms with Gasteiger partial charge < -0.3 is 10.1 Å². The van der Waals surface area contributed by atoms with Crippen LogP contribution in [0.5, 0.6) is 0 Å². The zero-order chi connectivity index (χ0) is 13.9. The highest BCUT2D eigenvalue weighted by molar-refractivity contribution is 6.31. The molecule has 0 aliphatic carbocycles. The Morgan fingerprint density at radius 1 is 1.15 bits per heavy atom. The maximum Gasteiger partial charge on any atom is 0.0721 e. The van der Waals surface area contributed by atoms with E-state index < -0.39 is 0 Å². The summed E-state index contributed by atoms with van der Waals surface area (Å²) in [5.74, 6) is 0. The molecule has 0 bridgehead atoms. The van der Waals surface area contributed by atoms with Crippen molar-refractivity contribution < 1.29 is 4.74 Å². The van der Waals surface area contributed by atoms with E-state index in [1.165, 1.54) is 11.1 Å². The molecule has 1 heterocycles. The lowest BCUT2D eigenvalue weighted by molar-refractivity contribution is 0.0791. The van der Waals surface area contributed by atoms with Gasteiger partial charge in [0.2, 0.25) is 0 Å². The fourth-order valence-electron chi connectivity index (χ4n) is 2.74. The van der Waals surface area contributed by atoms with Gasteiger partial charge in [-0.05, 0) is 29.7 Å². The van der Waals surface area contributed by atoms with E-state index in [4.69, 9.17) is 16.3 Å². The largest absolute Gasteiger partial charge is 0.375 e. The van der Waals surface area contributed by atoms with E-state index in [-0.39, 0.29) is 12.1 Å². The molecule has 2 aromatic carbocycles. The molecule has 1 aliphatic rings. The number of fused-ring (bicyclic) bond motifs is 1. The lowest BCUT2D eigenvalue weighted by Gasteiger charge is -2.29. The van der Waals surface area contributed by atoms with Crippen LogP contribution in [0.3, 0.4) is 0 Å². The van der Waals surface area contributed by atoms with Crippen LogP contribution in [0, 0.1) is 0 Å². The molecule has 2 nitrogen and oxygen atoms in total. The third-order valence-electron chi connectivity index (χ3n) is 3.80. The van der Waals surface area contributed by atoms with Gasteiger partial charge in [0.25, 0.3) is 0 Å². The predicted octanol–water partition coefficient (Wildman–Crippen LogP) is 4.26. The third-order valence-corrected chi connectivity index (χ3v) is 4.14. The number of hydrogen-bond donors (Lipinski definition) is 1. The van der Waals surface area contributed by atoms with Gasteiger partial charge in [0.05, 0.1) is 19.3 Å². The molecule has 0 spiro atoms. The standard InChI is InChI=1S/C17H18ClNO/c1-12(14-7-4-5-9-16(14)18)19-17-11-20-10-13-6-2-3-8-15(13)17/h2-9,12,17,19H,10-11H2,1H3. The Kier molecular flexibility index (Phi) is 4.06. The Bertz CT molecular complexity index is 599. The zero-order valence-electron chi connectivity index (χ0n) is 11.5. The lowest BCUT2D eigenvalue weighted by atomic mass is 9.97. The monoisotopic (exact) mass is 287 g/mol. The van der Waals surface area contributed by atoms with Crippen molar-refractivity contribution in [1.29, 1.82) is 0 Å². The minimum Gasteiger partial charge on any atom is -0.375 e. The van der Waals surface area contributed by atoms with Gasteiger partial charge in [0.15, 0.2) is 0 Å². The zero-order valence-corrected chi connectivity index (χ0v) is 12.2. The van der Waals surface area contributed by atoms with Gasteiger partial charge >= 0.3 is 0 Å². The lowest BCUT2D eigenvalue weighted by Crippen LogP contribution is -2.31. The number of nitrogens with one attached hydrogen (secondary N) is 1. The van der Waals surface area contributed by atoms with Crippen molar-refractivity contribution >= 4 is 11.6 Å². The Hall–Kier alpha value is -1.35. The van der Waals surface area contributed by atoms with E-state index in [0.29, 0.717) is 13.2 Å². The first-order chi connectivity index (χ1) is 9.75. The fraction of sp³-hybridized carbons (Fsp3) is 0.294. The minimum absolute atomic E-state index is 0.184. The molecule has 104 valence electrons. The molecule has 20 heavy (non-hydrogen) atoms. The third kappa shape index (κ3) is 2.73. The molecule has 3 heteroatoms. The van der Waals surface area contributed by atoms with Crippen molar-refractivity contribution in [2.75, 3.05) is 6.61 Å². The van der Waals surface area contributed by atoms with Crippen molar-refractivity contribution in [1.82, 2.24) is 5.32 Å². The van der Waals surface area contributed by atoms with Crippen molar-refractivity contribution in [2.45, 2.75) is 25.6 Å². The van der Waals surface area contributed by atoms with E-state index in [1.807, 2.05) is 18.2 Å². The van der Waals surface area contributed by atoms with Gasteiger partial charge in [0, 0.05) is 11.1 Å². The summed E-state index contributed by atoms with van der Waals surface area (Å²) in [6.07, 6.45) is 0. The second-order valence-electron chi connectivity index (χ2n) is 5.18. The summed E-state index contributed by atoms with van der Waals surface area (Å²) in [6, 6.07) is 16.8. The summed E-state index contributed by atoms with van der Waals surface area (Å²) in [6.45, 7) is 3.54. The van der Waals surface area contributed by atoms with Crippen LogP contribution in [-0.2, 0) is 11.3 Å². The van der Waals surface area contributed by atoms with Gasteiger partial charge in [-0.25, -0.2) is 0 Å². The van der Waals surface area contributed by atoms with Gasteiger partial charge in [0.1, 0.15) is 0 Å². The maximum atomic E-state index is 6.27. The van der Waals surface area contributed by atoms with E-state index in [9.17, 15) is 0 Å². The van der Waals surface area contributed by atoms with Crippen LogP contribution >= 0.6 is 11.6 Å². The number of hydrogen-bond acceptors (Lipinski definition) is 2. The molecule has 0 amide bonds. The molecule has 0 aromatic heterocycles. The number of rotatable bonds is 3. The summed E-state index contributed by atoms with van der Waals surface area (Å²) in [4.78, 5) is 0. The second kappa shape index (κ2) is 5.96. The van der Waals surface area contributed by atoms with Crippen molar-refractivity contribution in [3.8, 4) is 0 Å². The molecule has 3 rings (SSSR count). The summed E-state index contributed by atoms with van der Waals surface area (Å²) in [5, 5.41) is 4.43. The van der Waals surface area contributed by atoms with Gasteiger partial charge in [-0.2, -0.15) is 0 Å². The highest BCUT2D eigenvalue weighted by Crippen LogP contribution is 2.29. The van der Waals surface area contributed by atoms with Crippen molar-refractivity contribution in [3.63, 3.8) is 0 Å². The number of ether oxygens (including phenoxy) is 1. The minimum atomic E-state index is 0.184. The van der Waals surface area contributed by atoms with Crippen LogP contribution in [0.1, 0.15) is 35.7 Å². The molecule has 0 saturated carbocycles. The van der Waals surface area contributed by atoms with Crippen LogP contribution < -0.4 is 5.32 Å². The summed E-state index contributed by atoms with van der Waals surface area (Å²) < 4.78 is 5.68. The Labute approximate surface area is 124 Å². The van der Waals surface area contributed by atoms with Crippen LogP contribution in [0.25, 0.3) is 0 Å². The number of halogens is 1. The quantitative estimate of drug-likeness (QED) is 0.911. The summed E-state index contributed by atoms with van der Waals surface area (Å²) >= 11 is 6.27. The maximum absolute atomic E-state index is 6.27. The van der Waals surface area contributed by atoms with Gasteiger partial charge in [-0.15, -0.1) is 0 Å². The van der Waals surface area contributed by atoms with E-state index in [1.54, 1.807) is 0 Å².